The Labute approximate surface area is 121 Å². The zero-order valence-corrected chi connectivity index (χ0v) is 13.2. The number of hydrogen-bond acceptors (Lipinski definition) is 3. The van der Waals surface area contributed by atoms with E-state index < -0.39 is 0 Å². The highest BCUT2D eigenvalue weighted by Gasteiger charge is 2.69. The van der Waals surface area contributed by atoms with Gasteiger partial charge in [0.15, 0.2) is 0 Å². The molecule has 0 bridgehead atoms. The minimum atomic E-state index is -0.372. The largest absolute Gasteiger partial charge is 0.355 e. The van der Waals surface area contributed by atoms with E-state index in [2.05, 4.69) is 38.3 Å². The lowest BCUT2D eigenvalue weighted by molar-refractivity contribution is -0.143. The van der Waals surface area contributed by atoms with Gasteiger partial charge in [0.25, 0.3) is 0 Å². The third-order valence-corrected chi connectivity index (χ3v) is 5.45. The smallest absolute Gasteiger partial charge is 0.244 e. The number of nitrogens with zero attached hydrogens (tertiary/aromatic N) is 1. The maximum absolute atomic E-state index is 12.8. The third kappa shape index (κ3) is 2.22. The van der Waals surface area contributed by atoms with Gasteiger partial charge in [0.05, 0.1) is 0 Å². The van der Waals surface area contributed by atoms with E-state index in [1.165, 1.54) is 0 Å². The van der Waals surface area contributed by atoms with Gasteiger partial charge in [-0.15, -0.1) is 0 Å². The number of amides is 2. The summed E-state index contributed by atoms with van der Waals surface area (Å²) in [6, 6.07) is -0.372. The average molecular weight is 281 g/mol. The zero-order chi connectivity index (χ0) is 15.1. The molecule has 0 aromatic carbocycles. The first kappa shape index (κ1) is 15.3. The van der Waals surface area contributed by atoms with E-state index in [0.29, 0.717) is 19.6 Å². The molecular formula is C15H27N3O2. The molecule has 2 N–H and O–H groups in total. The summed E-state index contributed by atoms with van der Waals surface area (Å²) in [7, 11) is 0. The van der Waals surface area contributed by atoms with Crippen molar-refractivity contribution < 1.29 is 9.59 Å². The molecule has 1 heterocycles. The minimum Gasteiger partial charge on any atom is -0.355 e. The van der Waals surface area contributed by atoms with Gasteiger partial charge in [-0.3, -0.25) is 9.59 Å². The predicted octanol–water partition coefficient (Wildman–Crippen LogP) is 0.605. The standard InChI is InChI=1S/C15H27N3O2/c1-6-17-12(19)10-9-16-7-8-18(10)13(20)11-14(2,3)15(11,4)5/h10-11,16H,6-9H2,1-5H3,(H,17,19). The van der Waals surface area contributed by atoms with E-state index in [0.717, 1.165) is 6.54 Å². The molecule has 1 atom stereocenters. The van der Waals surface area contributed by atoms with Crippen LogP contribution >= 0.6 is 0 Å². The number of rotatable bonds is 3. The lowest BCUT2D eigenvalue weighted by atomic mass is 10.0. The van der Waals surface area contributed by atoms with E-state index in [9.17, 15) is 9.59 Å². The summed E-state index contributed by atoms with van der Waals surface area (Å²) in [4.78, 5) is 26.7. The van der Waals surface area contributed by atoms with Crippen molar-refractivity contribution in [2.45, 2.75) is 40.7 Å². The number of hydrogen-bond donors (Lipinski definition) is 2. The van der Waals surface area contributed by atoms with Crippen LogP contribution in [0, 0.1) is 16.7 Å². The molecule has 1 saturated heterocycles. The first-order valence-corrected chi connectivity index (χ1v) is 7.54. The van der Waals surface area contributed by atoms with Crippen molar-refractivity contribution >= 4 is 11.8 Å². The topological polar surface area (TPSA) is 61.4 Å². The van der Waals surface area contributed by atoms with Crippen LogP contribution in [0.3, 0.4) is 0 Å². The van der Waals surface area contributed by atoms with E-state index in [-0.39, 0.29) is 34.6 Å². The van der Waals surface area contributed by atoms with E-state index in [1.807, 2.05) is 6.92 Å². The fraction of sp³-hybridized carbons (Fsp3) is 0.867. The Hall–Kier alpha value is -1.10. The van der Waals surface area contributed by atoms with Crippen LogP contribution in [0.25, 0.3) is 0 Å². The summed E-state index contributed by atoms with van der Waals surface area (Å²) in [6.07, 6.45) is 0. The van der Waals surface area contributed by atoms with Gasteiger partial charge in [-0.1, -0.05) is 27.7 Å². The molecule has 1 aliphatic heterocycles. The molecule has 1 unspecified atom stereocenters. The summed E-state index contributed by atoms with van der Waals surface area (Å²) >= 11 is 0. The van der Waals surface area contributed by atoms with Gasteiger partial charge in [0, 0.05) is 32.1 Å². The highest BCUT2D eigenvalue weighted by Crippen LogP contribution is 2.68. The monoisotopic (exact) mass is 281 g/mol. The Morgan fingerprint density at radius 3 is 2.35 bits per heavy atom. The molecule has 0 aromatic rings. The normalized spacial score (nSPS) is 28.1. The minimum absolute atomic E-state index is 0.0146. The summed E-state index contributed by atoms with van der Waals surface area (Å²) in [5, 5.41) is 6.03. The van der Waals surface area contributed by atoms with Crippen LogP contribution in [0.5, 0.6) is 0 Å². The summed E-state index contributed by atoms with van der Waals surface area (Å²) < 4.78 is 0. The van der Waals surface area contributed by atoms with Crippen LogP contribution in [0.4, 0.5) is 0 Å². The molecule has 114 valence electrons. The van der Waals surface area contributed by atoms with Gasteiger partial charge >= 0.3 is 0 Å². The van der Waals surface area contributed by atoms with Crippen LogP contribution < -0.4 is 10.6 Å². The average Bonchev–Trinajstić information content (AvgIpc) is 2.79. The van der Waals surface area contributed by atoms with E-state index in [4.69, 9.17) is 0 Å². The van der Waals surface area contributed by atoms with E-state index in [1.54, 1.807) is 4.90 Å². The van der Waals surface area contributed by atoms with Crippen molar-refractivity contribution in [3.05, 3.63) is 0 Å². The van der Waals surface area contributed by atoms with Crippen LogP contribution in [0.1, 0.15) is 34.6 Å². The zero-order valence-electron chi connectivity index (χ0n) is 13.2. The SMILES string of the molecule is CCNC(=O)C1CNCCN1C(=O)C1C(C)(C)C1(C)C. The fourth-order valence-corrected chi connectivity index (χ4v) is 3.47. The van der Waals surface area contributed by atoms with Crippen LogP contribution in [0.2, 0.25) is 0 Å². The first-order chi connectivity index (χ1) is 9.25. The van der Waals surface area contributed by atoms with Gasteiger partial charge in [-0.25, -0.2) is 0 Å². The van der Waals surface area contributed by atoms with Crippen molar-refractivity contribution in [3.8, 4) is 0 Å². The molecule has 0 spiro atoms. The number of carbonyl (C=O) groups is 2. The number of piperazine rings is 1. The summed E-state index contributed by atoms with van der Waals surface area (Å²) in [6.45, 7) is 13.0. The highest BCUT2D eigenvalue weighted by molar-refractivity contribution is 5.91. The van der Waals surface area contributed by atoms with Crippen molar-refractivity contribution in [1.82, 2.24) is 15.5 Å². The van der Waals surface area contributed by atoms with Crippen molar-refractivity contribution in [3.63, 3.8) is 0 Å². The number of likely N-dealkylation sites (N-methyl/N-ethyl adjacent to an activating group) is 1. The Morgan fingerprint density at radius 2 is 1.85 bits per heavy atom. The molecule has 5 nitrogen and oxygen atoms in total. The molecule has 0 radical (unpaired) electrons. The molecule has 1 saturated carbocycles. The van der Waals surface area contributed by atoms with E-state index >= 15 is 0 Å². The Kier molecular flexibility index (Phi) is 3.84. The summed E-state index contributed by atoms with van der Waals surface area (Å²) in [5.41, 5.74) is 0.0292. The molecule has 5 heteroatoms. The van der Waals surface area contributed by atoms with Gasteiger partial charge in [-0.05, 0) is 17.8 Å². The predicted molar refractivity (Wildman–Crippen MR) is 78.1 cm³/mol. The maximum Gasteiger partial charge on any atom is 0.244 e. The van der Waals surface area contributed by atoms with Crippen molar-refractivity contribution in [2.24, 2.45) is 16.7 Å². The van der Waals surface area contributed by atoms with Gasteiger partial charge in [0.1, 0.15) is 6.04 Å². The van der Waals surface area contributed by atoms with Gasteiger partial charge in [-0.2, -0.15) is 0 Å². The Balaban J connectivity index is 2.13. The van der Waals surface area contributed by atoms with Gasteiger partial charge in [0.2, 0.25) is 11.8 Å². The van der Waals surface area contributed by atoms with Crippen LogP contribution in [-0.4, -0.2) is 48.9 Å². The summed E-state index contributed by atoms with van der Waals surface area (Å²) in [5.74, 6) is 0.104. The molecule has 2 rings (SSSR count). The number of nitrogens with one attached hydrogen (secondary N) is 2. The quantitative estimate of drug-likeness (QED) is 0.796. The molecule has 2 fully saturated rings. The second-order valence-corrected chi connectivity index (χ2v) is 7.02. The Morgan fingerprint density at radius 1 is 1.25 bits per heavy atom. The molecule has 2 aliphatic rings. The van der Waals surface area contributed by atoms with Gasteiger partial charge < -0.3 is 15.5 Å². The van der Waals surface area contributed by atoms with Crippen LogP contribution in [-0.2, 0) is 9.59 Å². The molecule has 20 heavy (non-hydrogen) atoms. The van der Waals surface area contributed by atoms with Crippen molar-refractivity contribution in [1.29, 1.82) is 0 Å². The second-order valence-electron chi connectivity index (χ2n) is 7.02. The third-order valence-electron chi connectivity index (χ3n) is 5.45. The molecule has 2 amide bonds. The fourth-order valence-electron chi connectivity index (χ4n) is 3.47. The van der Waals surface area contributed by atoms with Crippen molar-refractivity contribution in [2.75, 3.05) is 26.2 Å². The highest BCUT2D eigenvalue weighted by atomic mass is 16.2. The lowest BCUT2D eigenvalue weighted by Crippen LogP contribution is -2.60. The molecular weight excluding hydrogens is 254 g/mol. The lowest BCUT2D eigenvalue weighted by Gasteiger charge is -2.35. The molecule has 0 aromatic heterocycles. The molecule has 1 aliphatic carbocycles. The second kappa shape index (κ2) is 5.02. The van der Waals surface area contributed by atoms with Crippen LogP contribution in [0.15, 0.2) is 0 Å². The number of carbonyl (C=O) groups excluding carboxylic acids is 2. The maximum atomic E-state index is 12.8. The first-order valence-electron chi connectivity index (χ1n) is 7.54. The Bertz CT molecular complexity index is 403.